The van der Waals surface area contributed by atoms with E-state index in [-0.39, 0.29) is 11.6 Å². The van der Waals surface area contributed by atoms with Crippen molar-refractivity contribution in [3.8, 4) is 0 Å². The molecule has 0 atom stereocenters. The van der Waals surface area contributed by atoms with Gasteiger partial charge in [0.2, 0.25) is 0 Å². The first-order valence-electron chi connectivity index (χ1n) is 6.92. The van der Waals surface area contributed by atoms with E-state index in [1.54, 1.807) is 0 Å². The van der Waals surface area contributed by atoms with Crippen molar-refractivity contribution in [3.63, 3.8) is 0 Å². The molecule has 3 heteroatoms. The van der Waals surface area contributed by atoms with Gasteiger partial charge in [-0.05, 0) is 43.4 Å². The highest BCUT2D eigenvalue weighted by Gasteiger charge is 2.40. The Morgan fingerprint density at radius 3 is 2.28 bits per heavy atom. The summed E-state index contributed by atoms with van der Waals surface area (Å²) in [6.07, 6.45) is 6.01. The molecule has 0 heterocycles. The zero-order valence-electron chi connectivity index (χ0n) is 12.1. The maximum atomic E-state index is 11.2. The van der Waals surface area contributed by atoms with Crippen LogP contribution in [-0.2, 0) is 14.3 Å². The Bertz CT molecular complexity index is 293. The minimum Gasteiger partial charge on any atom is -0.459 e. The van der Waals surface area contributed by atoms with Crippen molar-refractivity contribution in [2.75, 3.05) is 0 Å². The lowest BCUT2D eigenvalue weighted by Gasteiger charge is -2.43. The summed E-state index contributed by atoms with van der Waals surface area (Å²) in [6.45, 7) is 8.25. The second kappa shape index (κ2) is 5.85. The lowest BCUT2D eigenvalue weighted by molar-refractivity contribution is -0.164. The number of hydrogen-bond acceptors (Lipinski definition) is 3. The third-order valence-electron chi connectivity index (χ3n) is 4.20. The van der Waals surface area contributed by atoms with Crippen LogP contribution in [0.15, 0.2) is 0 Å². The molecule has 0 unspecified atom stereocenters. The Labute approximate surface area is 110 Å². The maximum Gasteiger partial charge on any atom is 0.303 e. The molecule has 0 aromatic heterocycles. The minimum absolute atomic E-state index is 0.227. The van der Waals surface area contributed by atoms with Crippen LogP contribution in [0.2, 0.25) is 0 Å². The number of carbonyl (C=O) groups excluding carboxylic acids is 2. The van der Waals surface area contributed by atoms with Gasteiger partial charge in [-0.3, -0.25) is 4.79 Å². The minimum atomic E-state index is -0.380. The van der Waals surface area contributed by atoms with Crippen molar-refractivity contribution in [1.82, 2.24) is 0 Å². The third kappa shape index (κ3) is 4.11. The molecular weight excluding hydrogens is 228 g/mol. The smallest absolute Gasteiger partial charge is 0.303 e. The summed E-state index contributed by atoms with van der Waals surface area (Å²) >= 11 is 0. The number of aldehydes is 1. The maximum absolute atomic E-state index is 11.2. The second-order valence-electron chi connectivity index (χ2n) is 6.62. The van der Waals surface area contributed by atoms with Gasteiger partial charge in [-0.25, -0.2) is 0 Å². The first-order chi connectivity index (χ1) is 8.29. The van der Waals surface area contributed by atoms with E-state index in [1.807, 2.05) is 0 Å². The monoisotopic (exact) mass is 254 g/mol. The van der Waals surface area contributed by atoms with Crippen molar-refractivity contribution in [2.45, 2.75) is 71.8 Å². The van der Waals surface area contributed by atoms with Crippen LogP contribution in [0.3, 0.4) is 0 Å². The number of rotatable bonds is 4. The molecule has 0 aliphatic heterocycles. The Balaban J connectivity index is 2.66. The van der Waals surface area contributed by atoms with Crippen LogP contribution >= 0.6 is 0 Å². The molecular formula is C15H26O3. The normalized spacial score (nSPS) is 28.8. The average molecular weight is 254 g/mol. The van der Waals surface area contributed by atoms with Crippen molar-refractivity contribution in [3.05, 3.63) is 0 Å². The molecule has 0 radical (unpaired) electrons. The molecule has 0 bridgehead atoms. The second-order valence-corrected chi connectivity index (χ2v) is 6.62. The molecule has 0 aromatic rings. The van der Waals surface area contributed by atoms with E-state index in [4.69, 9.17) is 4.74 Å². The zero-order chi connectivity index (χ0) is 13.8. The van der Waals surface area contributed by atoms with Gasteiger partial charge in [0.15, 0.2) is 0 Å². The first-order valence-corrected chi connectivity index (χ1v) is 6.92. The SMILES string of the molecule is CC(=O)OC1(CCC=O)CCC(C(C)(C)C)CC1. The summed E-state index contributed by atoms with van der Waals surface area (Å²) in [5, 5.41) is 0. The predicted octanol–water partition coefficient (Wildman–Crippen LogP) is 3.50. The van der Waals surface area contributed by atoms with Gasteiger partial charge >= 0.3 is 5.97 Å². The summed E-state index contributed by atoms with van der Waals surface area (Å²) in [7, 11) is 0. The molecule has 0 spiro atoms. The summed E-state index contributed by atoms with van der Waals surface area (Å²) < 4.78 is 5.54. The van der Waals surface area contributed by atoms with Gasteiger partial charge < -0.3 is 9.53 Å². The number of ether oxygens (including phenoxy) is 1. The molecule has 3 nitrogen and oxygen atoms in total. The summed E-state index contributed by atoms with van der Waals surface area (Å²) in [5.41, 5.74) is -0.0679. The molecule has 0 N–H and O–H groups in total. The van der Waals surface area contributed by atoms with Crippen LogP contribution < -0.4 is 0 Å². The highest BCUT2D eigenvalue weighted by atomic mass is 16.6. The summed E-state index contributed by atoms with van der Waals surface area (Å²) in [5.74, 6) is 0.451. The van der Waals surface area contributed by atoms with Crippen molar-refractivity contribution in [2.24, 2.45) is 11.3 Å². The topological polar surface area (TPSA) is 43.4 Å². The van der Waals surface area contributed by atoms with E-state index in [9.17, 15) is 9.59 Å². The third-order valence-corrected chi connectivity index (χ3v) is 4.20. The van der Waals surface area contributed by atoms with Gasteiger partial charge in [0.05, 0.1) is 0 Å². The highest BCUT2D eigenvalue weighted by molar-refractivity contribution is 5.66. The lowest BCUT2D eigenvalue weighted by Crippen LogP contribution is -2.41. The lowest BCUT2D eigenvalue weighted by atomic mass is 9.67. The molecule has 1 aliphatic rings. The molecule has 1 aliphatic carbocycles. The van der Waals surface area contributed by atoms with Crippen LogP contribution in [0.5, 0.6) is 0 Å². The molecule has 1 saturated carbocycles. The van der Waals surface area contributed by atoms with Gasteiger partial charge in [0.25, 0.3) is 0 Å². The van der Waals surface area contributed by atoms with Gasteiger partial charge in [0, 0.05) is 13.3 Å². The fourth-order valence-corrected chi connectivity index (χ4v) is 3.04. The van der Waals surface area contributed by atoms with Gasteiger partial charge in [-0.1, -0.05) is 20.8 Å². The number of carbonyl (C=O) groups is 2. The van der Waals surface area contributed by atoms with E-state index in [1.165, 1.54) is 6.92 Å². The van der Waals surface area contributed by atoms with E-state index < -0.39 is 0 Å². The first kappa shape index (κ1) is 15.2. The molecule has 0 saturated heterocycles. The quantitative estimate of drug-likeness (QED) is 0.569. The Morgan fingerprint density at radius 1 is 1.33 bits per heavy atom. The molecule has 1 fully saturated rings. The predicted molar refractivity (Wildman–Crippen MR) is 71.2 cm³/mol. The summed E-state index contributed by atoms with van der Waals surface area (Å²) in [6, 6.07) is 0. The molecule has 0 aromatic carbocycles. The van der Waals surface area contributed by atoms with E-state index in [0.29, 0.717) is 24.2 Å². The molecule has 1 rings (SSSR count). The molecule has 18 heavy (non-hydrogen) atoms. The summed E-state index contributed by atoms with van der Waals surface area (Å²) in [4.78, 5) is 21.8. The van der Waals surface area contributed by atoms with Gasteiger partial charge in [0.1, 0.15) is 11.9 Å². The van der Waals surface area contributed by atoms with Crippen LogP contribution in [0, 0.1) is 11.3 Å². The van der Waals surface area contributed by atoms with Crippen molar-refractivity contribution < 1.29 is 14.3 Å². The fourth-order valence-electron chi connectivity index (χ4n) is 3.04. The highest BCUT2D eigenvalue weighted by Crippen LogP contribution is 2.44. The van der Waals surface area contributed by atoms with Gasteiger partial charge in [-0.15, -0.1) is 0 Å². The number of hydrogen-bond donors (Lipinski definition) is 0. The fraction of sp³-hybridized carbons (Fsp3) is 0.867. The van der Waals surface area contributed by atoms with E-state index in [0.717, 1.165) is 32.0 Å². The Kier molecular flexibility index (Phi) is 4.94. The van der Waals surface area contributed by atoms with Crippen LogP contribution in [0.4, 0.5) is 0 Å². The van der Waals surface area contributed by atoms with E-state index >= 15 is 0 Å². The Morgan fingerprint density at radius 2 is 1.89 bits per heavy atom. The number of esters is 1. The van der Waals surface area contributed by atoms with Crippen LogP contribution in [-0.4, -0.2) is 17.9 Å². The zero-order valence-corrected chi connectivity index (χ0v) is 12.1. The van der Waals surface area contributed by atoms with E-state index in [2.05, 4.69) is 20.8 Å². The largest absolute Gasteiger partial charge is 0.459 e. The van der Waals surface area contributed by atoms with Crippen LogP contribution in [0.1, 0.15) is 66.2 Å². The van der Waals surface area contributed by atoms with Crippen LogP contribution in [0.25, 0.3) is 0 Å². The van der Waals surface area contributed by atoms with Crippen molar-refractivity contribution >= 4 is 12.3 Å². The Hall–Kier alpha value is -0.860. The molecule has 104 valence electrons. The van der Waals surface area contributed by atoms with Gasteiger partial charge in [-0.2, -0.15) is 0 Å². The standard InChI is InChI=1S/C15H26O3/c1-12(17)18-15(8-5-11-16)9-6-13(7-10-15)14(2,3)4/h11,13H,5-10H2,1-4H3. The van der Waals surface area contributed by atoms with Crippen molar-refractivity contribution in [1.29, 1.82) is 0 Å². The average Bonchev–Trinajstić information content (AvgIpc) is 2.25. The molecule has 0 amide bonds.